The number of fused-ring (bicyclic) bond motifs is 1. The number of imidazole rings is 1. The first-order chi connectivity index (χ1) is 9.99. The van der Waals surface area contributed by atoms with Crippen molar-refractivity contribution in [3.8, 4) is 5.69 Å². The molecule has 0 spiro atoms. The van der Waals surface area contributed by atoms with Crippen molar-refractivity contribution in [2.75, 3.05) is 0 Å². The van der Waals surface area contributed by atoms with Gasteiger partial charge >= 0.3 is 40.7 Å². The smallest absolute Gasteiger partial charge is 0.412 e. The molecule has 0 aliphatic rings. The van der Waals surface area contributed by atoms with E-state index in [9.17, 15) is 19.7 Å². The summed E-state index contributed by atoms with van der Waals surface area (Å²) in [4.78, 5) is 40.0. The van der Waals surface area contributed by atoms with E-state index >= 15 is 0 Å². The number of nitrogens with zero attached hydrogens (tertiary/aromatic N) is 4. The first-order valence-corrected chi connectivity index (χ1v) is 5.89. The molecule has 0 bridgehead atoms. The van der Waals surface area contributed by atoms with Crippen molar-refractivity contribution >= 4 is 16.7 Å². The minimum atomic E-state index is -0.824. The predicted octanol–water partition coefficient (Wildman–Crippen LogP) is -4.32. The zero-order valence-electron chi connectivity index (χ0n) is 12.8. The van der Waals surface area contributed by atoms with E-state index < -0.39 is 16.0 Å². The average molecular weight is 346 g/mol. The molecule has 12 heteroatoms. The van der Waals surface area contributed by atoms with Gasteiger partial charge in [0.2, 0.25) is 0 Å². The second kappa shape index (κ2) is 7.99. The molecule has 0 unspecified atom stereocenters. The van der Waals surface area contributed by atoms with Crippen LogP contribution in [0.25, 0.3) is 16.7 Å². The largest absolute Gasteiger partial charge is 1.00 e. The number of aryl methyl sites for hydroxylation is 1. The van der Waals surface area contributed by atoms with E-state index in [0.717, 1.165) is 4.57 Å². The van der Waals surface area contributed by atoms with Crippen molar-refractivity contribution in [2.45, 2.75) is 0 Å². The fourth-order valence-corrected chi connectivity index (χ4v) is 2.14. The fourth-order valence-electron chi connectivity index (χ4n) is 2.14. The molecule has 0 aliphatic carbocycles. The van der Waals surface area contributed by atoms with Crippen molar-refractivity contribution in [1.82, 2.24) is 19.1 Å². The van der Waals surface area contributed by atoms with Gasteiger partial charge in [0.25, 0.3) is 5.69 Å². The summed E-state index contributed by atoms with van der Waals surface area (Å²) in [6, 6.07) is 2.69. The maximum Gasteiger partial charge on any atom is 1.00 e. The number of hydrogen-bond acceptors (Lipinski definition) is 5. The van der Waals surface area contributed by atoms with Crippen LogP contribution in [0.2, 0.25) is 0 Å². The van der Waals surface area contributed by atoms with Crippen molar-refractivity contribution in [3.05, 3.63) is 61.7 Å². The molecular formula is C12H13N5NaO6+. The fraction of sp³-hybridized carbons (Fsp3) is 0.0833. The average Bonchev–Trinajstić information content (AvgIpc) is 2.98. The molecule has 2 heterocycles. The number of rotatable bonds is 2. The van der Waals surface area contributed by atoms with Crippen molar-refractivity contribution in [2.24, 2.45) is 7.05 Å². The Kier molecular flexibility index (Phi) is 7.22. The summed E-state index contributed by atoms with van der Waals surface area (Å²) in [5.41, 5.74) is -0.893. The first-order valence-electron chi connectivity index (χ1n) is 5.89. The summed E-state index contributed by atoms with van der Waals surface area (Å²) in [5.74, 6) is 0. The van der Waals surface area contributed by atoms with Crippen LogP contribution in [0, 0.1) is 10.1 Å². The molecule has 0 saturated carbocycles. The van der Waals surface area contributed by atoms with E-state index in [2.05, 4.69) is 9.97 Å². The first kappa shape index (κ1) is 21.7. The Morgan fingerprint density at radius 1 is 1.25 bits per heavy atom. The van der Waals surface area contributed by atoms with E-state index in [-0.39, 0.29) is 57.4 Å². The molecule has 0 aliphatic heterocycles. The van der Waals surface area contributed by atoms with Crippen LogP contribution < -0.4 is 40.7 Å². The van der Waals surface area contributed by atoms with Gasteiger partial charge in [-0.3, -0.25) is 19.7 Å². The Balaban J connectivity index is 0.00000176. The number of hydrogen-bond donors (Lipinski definition) is 1. The zero-order valence-corrected chi connectivity index (χ0v) is 14.8. The van der Waals surface area contributed by atoms with E-state index in [0.29, 0.717) is 5.52 Å². The topological polar surface area (TPSA) is 179 Å². The van der Waals surface area contributed by atoms with Gasteiger partial charge in [-0.15, -0.1) is 0 Å². The van der Waals surface area contributed by atoms with Crippen LogP contribution in [-0.2, 0) is 7.05 Å². The molecule has 0 saturated heterocycles. The van der Waals surface area contributed by atoms with Gasteiger partial charge < -0.3 is 25.1 Å². The summed E-state index contributed by atoms with van der Waals surface area (Å²) in [5, 5.41) is 11.2. The van der Waals surface area contributed by atoms with E-state index in [1.54, 1.807) is 6.20 Å². The Hall–Kier alpha value is -2.31. The van der Waals surface area contributed by atoms with Crippen LogP contribution >= 0.6 is 0 Å². The van der Waals surface area contributed by atoms with Crippen LogP contribution in [0.15, 0.2) is 40.4 Å². The molecule has 0 amide bonds. The minimum Gasteiger partial charge on any atom is -0.412 e. The van der Waals surface area contributed by atoms with Crippen LogP contribution in [0.3, 0.4) is 0 Å². The molecule has 24 heavy (non-hydrogen) atoms. The third-order valence-electron chi connectivity index (χ3n) is 3.18. The molecule has 0 fully saturated rings. The number of H-pyrrole nitrogens is 1. The number of nitro benzene ring substituents is 1. The van der Waals surface area contributed by atoms with E-state index in [1.807, 2.05) is 0 Å². The Labute approximate surface area is 155 Å². The third kappa shape index (κ3) is 3.44. The molecule has 122 valence electrons. The van der Waals surface area contributed by atoms with E-state index in [1.165, 1.54) is 36.3 Å². The van der Waals surface area contributed by atoms with Crippen LogP contribution in [0.5, 0.6) is 0 Å². The summed E-state index contributed by atoms with van der Waals surface area (Å²) in [6.07, 6.45) is 4.45. The van der Waals surface area contributed by atoms with Crippen LogP contribution in [0.1, 0.15) is 0 Å². The minimum absolute atomic E-state index is 0. The normalized spacial score (nSPS) is 9.54. The Morgan fingerprint density at radius 3 is 2.46 bits per heavy atom. The van der Waals surface area contributed by atoms with Crippen molar-refractivity contribution in [3.63, 3.8) is 0 Å². The van der Waals surface area contributed by atoms with Crippen LogP contribution in [-0.4, -0.2) is 35.0 Å². The molecule has 1 aromatic carbocycles. The standard InChI is InChI=1S/C12H9N5O4.Na.2H2O/c1-15-8-5-9(16-3-2-13-6-16)10(17(20)21)4-7(8)14-11(18)12(15)19;;;/h2-6H,1H3,(H,14,18);;2*1H2/q;+1;;. The molecule has 0 radical (unpaired) electrons. The Bertz CT molecular complexity index is 978. The second-order valence-electron chi connectivity index (χ2n) is 4.40. The number of nitro groups is 1. The van der Waals surface area contributed by atoms with Gasteiger partial charge in [-0.1, -0.05) is 0 Å². The molecular weight excluding hydrogens is 333 g/mol. The van der Waals surface area contributed by atoms with Gasteiger partial charge in [-0.2, -0.15) is 0 Å². The summed E-state index contributed by atoms with van der Waals surface area (Å²) in [6.45, 7) is 0. The van der Waals surface area contributed by atoms with Gasteiger partial charge in [-0.25, -0.2) is 4.98 Å². The molecule has 0 atom stereocenters. The van der Waals surface area contributed by atoms with Crippen molar-refractivity contribution < 1.29 is 45.4 Å². The third-order valence-corrected chi connectivity index (χ3v) is 3.18. The molecule has 2 aromatic heterocycles. The van der Waals surface area contributed by atoms with Gasteiger partial charge in [0.1, 0.15) is 5.69 Å². The maximum atomic E-state index is 11.7. The summed E-state index contributed by atoms with van der Waals surface area (Å²) >= 11 is 0. The summed E-state index contributed by atoms with van der Waals surface area (Å²) in [7, 11) is 1.43. The number of benzene rings is 1. The van der Waals surface area contributed by atoms with Gasteiger partial charge in [0, 0.05) is 25.5 Å². The van der Waals surface area contributed by atoms with E-state index in [4.69, 9.17) is 0 Å². The zero-order chi connectivity index (χ0) is 15.1. The predicted molar refractivity (Wildman–Crippen MR) is 80.8 cm³/mol. The molecule has 5 N–H and O–H groups in total. The van der Waals surface area contributed by atoms with Crippen LogP contribution in [0.4, 0.5) is 5.69 Å². The monoisotopic (exact) mass is 346 g/mol. The number of aromatic amines is 1. The van der Waals surface area contributed by atoms with Gasteiger partial charge in [0.05, 0.1) is 22.3 Å². The Morgan fingerprint density at radius 2 is 1.92 bits per heavy atom. The molecule has 3 rings (SSSR count). The molecule has 3 aromatic rings. The number of aromatic nitrogens is 4. The van der Waals surface area contributed by atoms with Gasteiger partial charge in [-0.05, 0) is 6.07 Å². The molecule has 11 nitrogen and oxygen atoms in total. The summed E-state index contributed by atoms with van der Waals surface area (Å²) < 4.78 is 2.62. The maximum absolute atomic E-state index is 11.7. The van der Waals surface area contributed by atoms with Gasteiger partial charge in [0.15, 0.2) is 0 Å². The second-order valence-corrected chi connectivity index (χ2v) is 4.40. The quantitative estimate of drug-likeness (QED) is 0.213. The van der Waals surface area contributed by atoms with Crippen molar-refractivity contribution in [1.29, 1.82) is 0 Å². The SMILES string of the molecule is Cn1c(=O)c(=O)[nH]c2cc([N+](=O)[O-])c(-n3ccnc3)cc21.O.O.[Na+]. The number of nitrogens with one attached hydrogen (secondary N) is 1.